The molecule has 0 spiro atoms. The van der Waals surface area contributed by atoms with Crippen molar-refractivity contribution >= 4 is 17.7 Å². The van der Waals surface area contributed by atoms with Gasteiger partial charge < -0.3 is 10.5 Å². The second-order valence-electron chi connectivity index (χ2n) is 3.92. The molecule has 0 saturated carbocycles. The lowest BCUT2D eigenvalue weighted by atomic mass is 10.1. The summed E-state index contributed by atoms with van der Waals surface area (Å²) in [4.78, 5) is 23.3. The fourth-order valence-electron chi connectivity index (χ4n) is 1.63. The predicted molar refractivity (Wildman–Crippen MR) is 68.8 cm³/mol. The number of methoxy groups -OCH3 is 1. The largest absolute Gasteiger partial charge is 0.465 e. The highest BCUT2D eigenvalue weighted by Crippen LogP contribution is 2.11. The van der Waals surface area contributed by atoms with Crippen LogP contribution in [0.25, 0.3) is 0 Å². The van der Waals surface area contributed by atoms with Gasteiger partial charge in [-0.15, -0.1) is 5.10 Å². The molecule has 2 aromatic rings. The molecule has 0 unspecified atom stereocenters. The van der Waals surface area contributed by atoms with E-state index in [1.54, 1.807) is 0 Å². The minimum Gasteiger partial charge on any atom is -0.465 e. The van der Waals surface area contributed by atoms with Gasteiger partial charge in [0.05, 0.1) is 19.7 Å². The van der Waals surface area contributed by atoms with Crippen LogP contribution in [0.1, 0.15) is 20.7 Å². The minimum atomic E-state index is -0.615. The number of carbonyl (C=O) groups is 2. The Morgan fingerprint density at radius 2 is 2.00 bits per heavy atom. The molecule has 1 heterocycles. The molecule has 0 fully saturated rings. The van der Waals surface area contributed by atoms with Gasteiger partial charge in [0.2, 0.25) is 0 Å². The molecule has 6 nitrogen and oxygen atoms in total. The molecule has 0 saturated heterocycles. The normalized spacial score (nSPS) is 10.2. The standard InChI is InChI=1S/C13H13N3O3/c1-19-13(18)10-8-16(15-12(10)14)11(17)7-9-5-3-2-4-6-9/h2-6,8H,7H2,1H3,(H2,14,15). The van der Waals surface area contributed by atoms with E-state index < -0.39 is 5.97 Å². The number of anilines is 1. The number of ether oxygens (including phenoxy) is 1. The number of nitrogens with zero attached hydrogens (tertiary/aromatic N) is 2. The third kappa shape index (κ3) is 2.79. The Morgan fingerprint density at radius 1 is 1.32 bits per heavy atom. The van der Waals surface area contributed by atoms with E-state index in [0.29, 0.717) is 0 Å². The molecule has 0 atom stereocenters. The quantitative estimate of drug-likeness (QED) is 0.835. The highest BCUT2D eigenvalue weighted by atomic mass is 16.5. The van der Waals surface area contributed by atoms with Crippen LogP contribution in [0.4, 0.5) is 5.82 Å². The first-order chi connectivity index (χ1) is 9.11. The molecule has 19 heavy (non-hydrogen) atoms. The second kappa shape index (κ2) is 5.34. The fraction of sp³-hybridized carbons (Fsp3) is 0.154. The van der Waals surface area contributed by atoms with E-state index in [1.807, 2.05) is 30.3 Å². The van der Waals surface area contributed by atoms with Gasteiger partial charge in [-0.25, -0.2) is 9.48 Å². The maximum Gasteiger partial charge on any atom is 0.343 e. The van der Waals surface area contributed by atoms with Crippen molar-refractivity contribution in [2.75, 3.05) is 12.8 Å². The van der Waals surface area contributed by atoms with Crippen molar-refractivity contribution in [2.24, 2.45) is 0 Å². The number of hydrogen-bond acceptors (Lipinski definition) is 5. The molecular weight excluding hydrogens is 246 g/mol. The highest BCUT2D eigenvalue weighted by molar-refractivity contribution is 5.95. The van der Waals surface area contributed by atoms with E-state index in [1.165, 1.54) is 13.3 Å². The Balaban J connectivity index is 2.18. The van der Waals surface area contributed by atoms with Crippen LogP contribution in [0.2, 0.25) is 0 Å². The summed E-state index contributed by atoms with van der Waals surface area (Å²) in [5, 5.41) is 3.82. The van der Waals surface area contributed by atoms with Gasteiger partial charge in [-0.3, -0.25) is 4.79 Å². The molecule has 0 bridgehead atoms. The van der Waals surface area contributed by atoms with Crippen molar-refractivity contribution in [2.45, 2.75) is 6.42 Å². The van der Waals surface area contributed by atoms with Crippen molar-refractivity contribution in [3.8, 4) is 0 Å². The number of rotatable bonds is 3. The second-order valence-corrected chi connectivity index (χ2v) is 3.92. The summed E-state index contributed by atoms with van der Waals surface area (Å²) in [6.45, 7) is 0. The minimum absolute atomic E-state index is 0.0201. The van der Waals surface area contributed by atoms with Crippen molar-refractivity contribution in [1.82, 2.24) is 9.78 Å². The lowest BCUT2D eigenvalue weighted by Gasteiger charge is -2.00. The molecule has 98 valence electrons. The van der Waals surface area contributed by atoms with Gasteiger partial charge in [0.15, 0.2) is 5.82 Å². The molecule has 0 aliphatic carbocycles. The summed E-state index contributed by atoms with van der Waals surface area (Å²) in [7, 11) is 1.24. The monoisotopic (exact) mass is 259 g/mol. The molecule has 2 rings (SSSR count). The van der Waals surface area contributed by atoms with Crippen molar-refractivity contribution < 1.29 is 14.3 Å². The lowest BCUT2D eigenvalue weighted by Crippen LogP contribution is -2.14. The number of benzene rings is 1. The Kier molecular flexibility index (Phi) is 3.61. The van der Waals surface area contributed by atoms with E-state index >= 15 is 0 Å². The molecule has 1 aromatic carbocycles. The number of aromatic nitrogens is 2. The number of nitrogens with two attached hydrogens (primary N) is 1. The number of hydrogen-bond donors (Lipinski definition) is 1. The van der Waals surface area contributed by atoms with Crippen LogP contribution in [0.3, 0.4) is 0 Å². The number of esters is 1. The first kappa shape index (κ1) is 12.8. The third-order valence-corrected chi connectivity index (χ3v) is 2.60. The van der Waals surface area contributed by atoms with Crippen LogP contribution in [0.15, 0.2) is 36.5 Å². The first-order valence-electron chi connectivity index (χ1n) is 5.62. The predicted octanol–water partition coefficient (Wildman–Crippen LogP) is 1.13. The van der Waals surface area contributed by atoms with Crippen LogP contribution in [0, 0.1) is 0 Å². The van der Waals surface area contributed by atoms with Gasteiger partial charge in [0, 0.05) is 0 Å². The molecular formula is C13H13N3O3. The molecule has 1 aromatic heterocycles. The van der Waals surface area contributed by atoms with Gasteiger partial charge >= 0.3 is 5.97 Å². The molecule has 0 aliphatic rings. The number of nitrogen functional groups attached to an aromatic ring is 1. The van der Waals surface area contributed by atoms with E-state index in [2.05, 4.69) is 9.84 Å². The molecule has 6 heteroatoms. The molecule has 0 aliphatic heterocycles. The summed E-state index contributed by atoms with van der Waals surface area (Å²) < 4.78 is 5.61. The molecule has 2 N–H and O–H groups in total. The SMILES string of the molecule is COC(=O)c1cn(C(=O)Cc2ccccc2)nc1N. The number of carbonyl (C=O) groups excluding carboxylic acids is 2. The highest BCUT2D eigenvalue weighted by Gasteiger charge is 2.17. The Morgan fingerprint density at radius 3 is 2.63 bits per heavy atom. The van der Waals surface area contributed by atoms with E-state index in [-0.39, 0.29) is 23.7 Å². The Labute approximate surface area is 109 Å². The lowest BCUT2D eigenvalue weighted by molar-refractivity contribution is 0.0602. The zero-order valence-electron chi connectivity index (χ0n) is 10.4. The zero-order valence-corrected chi connectivity index (χ0v) is 10.4. The zero-order chi connectivity index (χ0) is 13.8. The topological polar surface area (TPSA) is 87.2 Å². The van der Waals surface area contributed by atoms with E-state index in [9.17, 15) is 9.59 Å². The van der Waals surface area contributed by atoms with Gasteiger partial charge in [0.25, 0.3) is 5.91 Å². The average molecular weight is 259 g/mol. The Bertz CT molecular complexity index is 605. The van der Waals surface area contributed by atoms with Gasteiger partial charge in [-0.2, -0.15) is 0 Å². The molecule has 0 amide bonds. The van der Waals surface area contributed by atoms with Gasteiger partial charge in [-0.1, -0.05) is 30.3 Å². The van der Waals surface area contributed by atoms with Gasteiger partial charge in [-0.05, 0) is 5.56 Å². The summed E-state index contributed by atoms with van der Waals surface area (Å²) in [5.41, 5.74) is 6.51. The van der Waals surface area contributed by atoms with Crippen molar-refractivity contribution in [3.63, 3.8) is 0 Å². The van der Waals surface area contributed by atoms with Crippen LogP contribution in [0.5, 0.6) is 0 Å². The maximum atomic E-state index is 12.0. The van der Waals surface area contributed by atoms with Crippen molar-refractivity contribution in [1.29, 1.82) is 0 Å². The van der Waals surface area contributed by atoms with E-state index in [4.69, 9.17) is 5.73 Å². The molecule has 0 radical (unpaired) electrons. The fourth-order valence-corrected chi connectivity index (χ4v) is 1.63. The van der Waals surface area contributed by atoms with Crippen LogP contribution in [-0.2, 0) is 11.2 Å². The summed E-state index contributed by atoms with van der Waals surface area (Å²) in [5.74, 6) is -0.905. The first-order valence-corrected chi connectivity index (χ1v) is 5.62. The maximum absolute atomic E-state index is 12.0. The summed E-state index contributed by atoms with van der Waals surface area (Å²) in [6, 6.07) is 9.24. The van der Waals surface area contributed by atoms with Crippen LogP contribution in [-0.4, -0.2) is 28.8 Å². The smallest absolute Gasteiger partial charge is 0.343 e. The third-order valence-electron chi connectivity index (χ3n) is 2.60. The van der Waals surface area contributed by atoms with Crippen LogP contribution >= 0.6 is 0 Å². The summed E-state index contributed by atoms with van der Waals surface area (Å²) in [6.07, 6.45) is 1.47. The Hall–Kier alpha value is -2.63. The van der Waals surface area contributed by atoms with Crippen LogP contribution < -0.4 is 5.73 Å². The van der Waals surface area contributed by atoms with Gasteiger partial charge in [0.1, 0.15) is 5.56 Å². The van der Waals surface area contributed by atoms with Crippen molar-refractivity contribution in [3.05, 3.63) is 47.7 Å². The van der Waals surface area contributed by atoms with E-state index in [0.717, 1.165) is 10.2 Å². The average Bonchev–Trinajstić information content (AvgIpc) is 2.81. The summed E-state index contributed by atoms with van der Waals surface area (Å²) >= 11 is 0.